The summed E-state index contributed by atoms with van der Waals surface area (Å²) in [6.45, 7) is 5.34. The van der Waals surface area contributed by atoms with Crippen molar-refractivity contribution >= 4 is 17.3 Å². The molecule has 2 aromatic carbocycles. The quantitative estimate of drug-likeness (QED) is 0.642. The van der Waals surface area contributed by atoms with Gasteiger partial charge in [0.25, 0.3) is 5.91 Å². The zero-order chi connectivity index (χ0) is 19.1. The molecule has 3 aromatic rings. The van der Waals surface area contributed by atoms with E-state index < -0.39 is 0 Å². The number of carbonyl (C=O) groups is 1. The summed E-state index contributed by atoms with van der Waals surface area (Å²) in [6.07, 6.45) is 2.73. The van der Waals surface area contributed by atoms with Crippen LogP contribution >= 0.6 is 0 Å². The van der Waals surface area contributed by atoms with Crippen molar-refractivity contribution in [2.24, 2.45) is 0 Å². The van der Waals surface area contributed by atoms with Gasteiger partial charge in [0.1, 0.15) is 5.69 Å². The van der Waals surface area contributed by atoms with Crippen LogP contribution in [0.5, 0.6) is 0 Å². The van der Waals surface area contributed by atoms with E-state index in [0.29, 0.717) is 18.8 Å². The summed E-state index contributed by atoms with van der Waals surface area (Å²) in [4.78, 5) is 18.9. The normalized spacial score (nSPS) is 10.4. The summed E-state index contributed by atoms with van der Waals surface area (Å²) in [7, 11) is 0. The van der Waals surface area contributed by atoms with Gasteiger partial charge in [0.05, 0.1) is 11.9 Å². The average molecular weight is 359 g/mol. The highest BCUT2D eigenvalue weighted by Gasteiger charge is 2.15. The van der Waals surface area contributed by atoms with Crippen LogP contribution in [0.1, 0.15) is 35.5 Å². The van der Waals surface area contributed by atoms with Gasteiger partial charge in [-0.2, -0.15) is 0 Å². The molecule has 27 heavy (non-hydrogen) atoms. The smallest absolute Gasteiger partial charge is 0.272 e. The fourth-order valence-corrected chi connectivity index (χ4v) is 2.88. The zero-order valence-electron chi connectivity index (χ0n) is 15.9. The fourth-order valence-electron chi connectivity index (χ4n) is 2.88. The highest BCUT2D eigenvalue weighted by atomic mass is 16.2. The summed E-state index contributed by atoms with van der Waals surface area (Å²) in [6, 6.07) is 22.0. The lowest BCUT2D eigenvalue weighted by Crippen LogP contribution is -2.30. The van der Waals surface area contributed by atoms with Crippen molar-refractivity contribution in [2.75, 3.05) is 11.9 Å². The van der Waals surface area contributed by atoms with E-state index in [2.05, 4.69) is 41.5 Å². The van der Waals surface area contributed by atoms with Gasteiger partial charge in [-0.25, -0.2) is 4.98 Å². The number of anilines is 2. The second-order valence-electron chi connectivity index (χ2n) is 6.41. The van der Waals surface area contributed by atoms with Crippen LogP contribution in [0.3, 0.4) is 0 Å². The average Bonchev–Trinajstić information content (AvgIpc) is 2.73. The first kappa shape index (κ1) is 18.6. The van der Waals surface area contributed by atoms with Crippen LogP contribution < -0.4 is 5.32 Å². The van der Waals surface area contributed by atoms with Crippen molar-refractivity contribution in [3.63, 3.8) is 0 Å². The largest absolute Gasteiger partial charge is 0.354 e. The topological polar surface area (TPSA) is 45.2 Å². The third kappa shape index (κ3) is 4.94. The molecule has 138 valence electrons. The van der Waals surface area contributed by atoms with E-state index in [-0.39, 0.29) is 5.91 Å². The van der Waals surface area contributed by atoms with E-state index in [9.17, 15) is 4.79 Å². The highest BCUT2D eigenvalue weighted by Crippen LogP contribution is 2.17. The third-order valence-electron chi connectivity index (χ3n) is 4.52. The molecule has 4 nitrogen and oxygen atoms in total. The van der Waals surface area contributed by atoms with Crippen molar-refractivity contribution < 1.29 is 4.79 Å². The minimum Gasteiger partial charge on any atom is -0.354 e. The summed E-state index contributed by atoms with van der Waals surface area (Å²) in [5.74, 6) is -0.0554. The molecule has 0 aliphatic heterocycles. The molecule has 0 unspecified atom stereocenters. The van der Waals surface area contributed by atoms with Gasteiger partial charge in [0, 0.05) is 18.8 Å². The van der Waals surface area contributed by atoms with Crippen LogP contribution in [-0.2, 0) is 13.0 Å². The Labute approximate surface area is 160 Å². The SMILES string of the molecule is CCc1ccc(Nc2ccc(C(=O)N(CC)Cc3ccccc3)nc2)cc1. The summed E-state index contributed by atoms with van der Waals surface area (Å²) >= 11 is 0. The van der Waals surface area contributed by atoms with E-state index in [4.69, 9.17) is 0 Å². The number of nitrogens with one attached hydrogen (secondary N) is 1. The first-order chi connectivity index (χ1) is 13.2. The van der Waals surface area contributed by atoms with Gasteiger partial charge in [-0.15, -0.1) is 0 Å². The molecule has 0 fully saturated rings. The van der Waals surface area contributed by atoms with E-state index in [1.165, 1.54) is 5.56 Å². The Bertz CT molecular complexity index is 858. The van der Waals surface area contributed by atoms with Gasteiger partial charge in [-0.05, 0) is 48.7 Å². The summed E-state index contributed by atoms with van der Waals surface area (Å²) in [5, 5.41) is 3.32. The lowest BCUT2D eigenvalue weighted by atomic mass is 10.1. The molecule has 0 aliphatic rings. The molecule has 1 amide bonds. The molecule has 0 atom stereocenters. The van der Waals surface area contributed by atoms with Crippen molar-refractivity contribution in [3.05, 3.63) is 89.7 Å². The minimum absolute atomic E-state index is 0.0554. The second-order valence-corrected chi connectivity index (χ2v) is 6.41. The van der Waals surface area contributed by atoms with Crippen LogP contribution in [0.2, 0.25) is 0 Å². The number of rotatable bonds is 7. The lowest BCUT2D eigenvalue weighted by Gasteiger charge is -2.20. The highest BCUT2D eigenvalue weighted by molar-refractivity contribution is 5.92. The Morgan fingerprint density at radius 1 is 0.889 bits per heavy atom. The monoisotopic (exact) mass is 359 g/mol. The molecule has 4 heteroatoms. The molecular formula is C23H25N3O. The first-order valence-corrected chi connectivity index (χ1v) is 9.34. The van der Waals surface area contributed by atoms with Crippen molar-refractivity contribution in [1.82, 2.24) is 9.88 Å². The van der Waals surface area contributed by atoms with Gasteiger partial charge in [0.2, 0.25) is 0 Å². The van der Waals surface area contributed by atoms with Crippen LogP contribution in [0.15, 0.2) is 72.9 Å². The fraction of sp³-hybridized carbons (Fsp3) is 0.217. The standard InChI is InChI=1S/C23H25N3O/c1-3-18-10-12-20(13-11-18)25-21-14-15-22(24-16-21)23(27)26(4-2)17-19-8-6-5-7-9-19/h5-16,25H,3-4,17H2,1-2H3. The number of pyridine rings is 1. The predicted octanol–water partition coefficient (Wildman–Crippen LogP) is 5.05. The Balaban J connectivity index is 1.66. The number of hydrogen-bond donors (Lipinski definition) is 1. The van der Waals surface area contributed by atoms with Crippen LogP contribution in [-0.4, -0.2) is 22.3 Å². The van der Waals surface area contributed by atoms with Crippen LogP contribution in [0.25, 0.3) is 0 Å². The molecule has 0 aliphatic carbocycles. The van der Waals surface area contributed by atoms with Gasteiger partial charge < -0.3 is 10.2 Å². The Kier molecular flexibility index (Phi) is 6.21. The van der Waals surface area contributed by atoms with Crippen LogP contribution in [0.4, 0.5) is 11.4 Å². The molecule has 0 spiro atoms. The molecular weight excluding hydrogens is 334 g/mol. The number of carbonyl (C=O) groups excluding carboxylic acids is 1. The van der Waals surface area contributed by atoms with Crippen LogP contribution in [0, 0.1) is 0 Å². The Morgan fingerprint density at radius 2 is 1.59 bits per heavy atom. The Hall–Kier alpha value is -3.14. The molecule has 1 aromatic heterocycles. The van der Waals surface area contributed by atoms with Gasteiger partial charge in [-0.3, -0.25) is 4.79 Å². The second kappa shape index (κ2) is 8.99. The van der Waals surface area contributed by atoms with Crippen molar-refractivity contribution in [2.45, 2.75) is 26.8 Å². The molecule has 1 N–H and O–H groups in total. The lowest BCUT2D eigenvalue weighted by molar-refractivity contribution is 0.0746. The van der Waals surface area contributed by atoms with Gasteiger partial charge in [0.15, 0.2) is 0 Å². The number of aryl methyl sites for hydroxylation is 1. The number of aromatic nitrogens is 1. The molecule has 0 radical (unpaired) electrons. The van der Waals surface area contributed by atoms with E-state index in [1.54, 1.807) is 17.2 Å². The molecule has 3 rings (SSSR count). The number of nitrogens with zero attached hydrogens (tertiary/aromatic N) is 2. The van der Waals surface area contributed by atoms with Crippen molar-refractivity contribution in [3.8, 4) is 0 Å². The van der Waals surface area contributed by atoms with E-state index in [1.807, 2.05) is 43.3 Å². The summed E-state index contributed by atoms with van der Waals surface area (Å²) < 4.78 is 0. The van der Waals surface area contributed by atoms with E-state index in [0.717, 1.165) is 23.4 Å². The maximum Gasteiger partial charge on any atom is 0.272 e. The predicted molar refractivity (Wildman–Crippen MR) is 110 cm³/mol. The van der Waals surface area contributed by atoms with Crippen molar-refractivity contribution in [1.29, 1.82) is 0 Å². The minimum atomic E-state index is -0.0554. The maximum absolute atomic E-state index is 12.8. The maximum atomic E-state index is 12.8. The number of hydrogen-bond acceptors (Lipinski definition) is 3. The zero-order valence-corrected chi connectivity index (χ0v) is 15.9. The first-order valence-electron chi connectivity index (χ1n) is 9.34. The number of amides is 1. The summed E-state index contributed by atoms with van der Waals surface area (Å²) in [5.41, 5.74) is 4.74. The third-order valence-corrected chi connectivity index (χ3v) is 4.52. The Morgan fingerprint density at radius 3 is 2.19 bits per heavy atom. The van der Waals surface area contributed by atoms with Gasteiger partial charge in [-0.1, -0.05) is 49.4 Å². The van der Waals surface area contributed by atoms with Gasteiger partial charge >= 0.3 is 0 Å². The molecule has 1 heterocycles. The molecule has 0 saturated heterocycles. The molecule has 0 bridgehead atoms. The van der Waals surface area contributed by atoms with E-state index >= 15 is 0 Å². The number of benzene rings is 2. The molecule has 0 saturated carbocycles.